The summed E-state index contributed by atoms with van der Waals surface area (Å²) in [7, 11) is 1.49. The minimum atomic E-state index is -4.76. The van der Waals surface area contributed by atoms with E-state index >= 15 is 0 Å². The summed E-state index contributed by atoms with van der Waals surface area (Å²) in [6.45, 7) is 0. The molecule has 12 heteroatoms. The maximum Gasteiger partial charge on any atom is 0.573 e. The fraction of sp³-hybridized carbons (Fsp3) is 0.350. The molecule has 3 aromatic rings. The van der Waals surface area contributed by atoms with Crippen molar-refractivity contribution in [2.24, 2.45) is 12.1 Å². The molecular weight excluding hydrogens is 429 g/mol. The molecule has 0 atom stereocenters. The van der Waals surface area contributed by atoms with Gasteiger partial charge in [0.2, 0.25) is 5.95 Å². The number of rotatable bonds is 5. The van der Waals surface area contributed by atoms with Crippen molar-refractivity contribution in [3.05, 3.63) is 56.7 Å². The summed E-state index contributed by atoms with van der Waals surface area (Å²) in [6, 6.07) is 5.05. The maximum absolute atomic E-state index is 12.7. The molecule has 0 amide bonds. The van der Waals surface area contributed by atoms with Gasteiger partial charge in [0.1, 0.15) is 11.3 Å². The second kappa shape index (κ2) is 8.44. The minimum absolute atomic E-state index is 0.0948. The number of aryl methyl sites for hydroxylation is 1. The van der Waals surface area contributed by atoms with Crippen molar-refractivity contribution in [3.8, 4) is 5.75 Å². The van der Waals surface area contributed by atoms with Crippen LogP contribution in [0.3, 0.4) is 0 Å². The molecule has 1 N–H and O–H groups in total. The number of aromatic nitrogens is 4. The first-order chi connectivity index (χ1) is 15.2. The number of hydrogen-bond acceptors (Lipinski definition) is 7. The third-order valence-electron chi connectivity index (χ3n) is 5.23. The highest BCUT2D eigenvalue weighted by Gasteiger charge is 2.31. The SMILES string of the molecule is Cn1c(=O)c(=O)n(C2CCCC2)c2nc(NN=Cc3ccc(OC(F)(F)F)cc3)ncc21. The molecule has 0 bridgehead atoms. The molecule has 168 valence electrons. The van der Waals surface area contributed by atoms with Crippen LogP contribution in [0.2, 0.25) is 0 Å². The molecule has 32 heavy (non-hydrogen) atoms. The summed E-state index contributed by atoms with van der Waals surface area (Å²) in [5, 5.41) is 3.99. The van der Waals surface area contributed by atoms with Gasteiger partial charge in [-0.2, -0.15) is 10.1 Å². The Bertz CT molecular complexity index is 1280. The zero-order valence-corrected chi connectivity index (χ0v) is 17.0. The van der Waals surface area contributed by atoms with Crippen LogP contribution in [0, 0.1) is 0 Å². The zero-order chi connectivity index (χ0) is 22.9. The van der Waals surface area contributed by atoms with E-state index < -0.39 is 17.5 Å². The average Bonchev–Trinajstić information content (AvgIpc) is 3.27. The highest BCUT2D eigenvalue weighted by Crippen LogP contribution is 2.30. The van der Waals surface area contributed by atoms with Gasteiger partial charge in [0.25, 0.3) is 0 Å². The number of fused-ring (bicyclic) bond motifs is 1. The lowest BCUT2D eigenvalue weighted by atomic mass is 10.2. The second-order valence-corrected chi connectivity index (χ2v) is 7.37. The van der Waals surface area contributed by atoms with E-state index in [0.29, 0.717) is 16.7 Å². The summed E-state index contributed by atoms with van der Waals surface area (Å²) in [6.07, 6.45) is 1.59. The number of hydrogen-bond donors (Lipinski definition) is 1. The summed E-state index contributed by atoms with van der Waals surface area (Å²) >= 11 is 0. The van der Waals surface area contributed by atoms with Crippen LogP contribution in [-0.2, 0) is 7.05 Å². The first kappa shape index (κ1) is 21.5. The Hall–Kier alpha value is -3.70. The molecule has 1 saturated carbocycles. The van der Waals surface area contributed by atoms with Gasteiger partial charge in [0.15, 0.2) is 5.65 Å². The van der Waals surface area contributed by atoms with Crippen LogP contribution in [0.15, 0.2) is 45.2 Å². The van der Waals surface area contributed by atoms with Crippen molar-refractivity contribution in [1.82, 2.24) is 19.1 Å². The molecule has 0 spiro atoms. The largest absolute Gasteiger partial charge is 0.573 e. The first-order valence-corrected chi connectivity index (χ1v) is 9.86. The lowest BCUT2D eigenvalue weighted by Crippen LogP contribution is -2.42. The van der Waals surface area contributed by atoms with Gasteiger partial charge in [0, 0.05) is 13.1 Å². The molecule has 1 aromatic carbocycles. The van der Waals surface area contributed by atoms with Crippen LogP contribution < -0.4 is 21.3 Å². The highest BCUT2D eigenvalue weighted by atomic mass is 19.4. The van der Waals surface area contributed by atoms with E-state index in [1.807, 2.05) is 0 Å². The normalized spacial score (nSPS) is 15.0. The smallest absolute Gasteiger partial charge is 0.406 e. The zero-order valence-electron chi connectivity index (χ0n) is 17.0. The Balaban J connectivity index is 1.59. The molecule has 0 radical (unpaired) electrons. The molecule has 0 saturated heterocycles. The lowest BCUT2D eigenvalue weighted by molar-refractivity contribution is -0.274. The van der Waals surface area contributed by atoms with E-state index in [9.17, 15) is 22.8 Å². The highest BCUT2D eigenvalue weighted by molar-refractivity contribution is 5.80. The monoisotopic (exact) mass is 448 g/mol. The van der Waals surface area contributed by atoms with Crippen molar-refractivity contribution >= 4 is 23.3 Å². The van der Waals surface area contributed by atoms with Gasteiger partial charge in [-0.1, -0.05) is 12.8 Å². The maximum atomic E-state index is 12.7. The fourth-order valence-electron chi connectivity index (χ4n) is 3.71. The van der Waals surface area contributed by atoms with Gasteiger partial charge < -0.3 is 9.30 Å². The molecule has 4 rings (SSSR count). The molecule has 1 aliphatic carbocycles. The van der Waals surface area contributed by atoms with Crippen LogP contribution in [0.5, 0.6) is 5.75 Å². The number of anilines is 1. The summed E-state index contributed by atoms with van der Waals surface area (Å²) in [5.41, 5.74) is 2.66. The Morgan fingerprint density at radius 2 is 1.84 bits per heavy atom. The third kappa shape index (κ3) is 4.48. The van der Waals surface area contributed by atoms with Crippen molar-refractivity contribution in [1.29, 1.82) is 0 Å². The van der Waals surface area contributed by atoms with Gasteiger partial charge in [0.05, 0.1) is 12.4 Å². The second-order valence-electron chi connectivity index (χ2n) is 7.37. The molecule has 1 aliphatic rings. The van der Waals surface area contributed by atoms with Crippen LogP contribution in [0.25, 0.3) is 11.2 Å². The number of ether oxygens (including phenoxy) is 1. The van der Waals surface area contributed by atoms with E-state index in [2.05, 4.69) is 25.2 Å². The topological polar surface area (TPSA) is 103 Å². The third-order valence-corrected chi connectivity index (χ3v) is 5.23. The summed E-state index contributed by atoms with van der Waals surface area (Å²) < 4.78 is 43.2. The number of halogens is 3. The van der Waals surface area contributed by atoms with Crippen LogP contribution in [0.1, 0.15) is 37.3 Å². The summed E-state index contributed by atoms with van der Waals surface area (Å²) in [4.78, 5) is 33.5. The van der Waals surface area contributed by atoms with Crippen LogP contribution >= 0.6 is 0 Å². The quantitative estimate of drug-likeness (QED) is 0.366. The van der Waals surface area contributed by atoms with Gasteiger partial charge in [-0.3, -0.25) is 14.2 Å². The van der Waals surface area contributed by atoms with Crippen LogP contribution in [-0.4, -0.2) is 31.7 Å². The van der Waals surface area contributed by atoms with Gasteiger partial charge >= 0.3 is 17.5 Å². The van der Waals surface area contributed by atoms with E-state index in [1.165, 1.54) is 52.9 Å². The molecule has 2 aromatic heterocycles. The lowest BCUT2D eigenvalue weighted by Gasteiger charge is -2.17. The van der Waals surface area contributed by atoms with Crippen molar-refractivity contribution in [2.75, 3.05) is 5.43 Å². The Morgan fingerprint density at radius 3 is 2.50 bits per heavy atom. The standard InChI is InChI=1S/C20H19F3N6O3/c1-28-15-11-24-19(26-16(15)29(18(31)17(28)30)13-4-2-3-5-13)27-25-10-12-6-8-14(9-7-12)32-20(21,22)23/h6-11,13H,2-5H2,1H3,(H,24,26,27). The van der Waals surface area contributed by atoms with E-state index in [-0.39, 0.29) is 17.7 Å². The average molecular weight is 448 g/mol. The molecular formula is C20H19F3N6O3. The Labute approximate surface area is 179 Å². The number of alkyl halides is 3. The molecule has 9 nitrogen and oxygen atoms in total. The van der Waals surface area contributed by atoms with Crippen molar-refractivity contribution in [2.45, 2.75) is 38.1 Å². The molecule has 1 fully saturated rings. The molecule has 2 heterocycles. The predicted molar refractivity (Wildman–Crippen MR) is 111 cm³/mol. The number of benzene rings is 1. The van der Waals surface area contributed by atoms with E-state index in [0.717, 1.165) is 25.7 Å². The minimum Gasteiger partial charge on any atom is -0.406 e. The number of hydrazone groups is 1. The van der Waals surface area contributed by atoms with Crippen molar-refractivity contribution in [3.63, 3.8) is 0 Å². The first-order valence-electron chi connectivity index (χ1n) is 9.86. The molecule has 0 unspecified atom stereocenters. The Kier molecular flexibility index (Phi) is 5.68. The number of nitrogens with zero attached hydrogens (tertiary/aromatic N) is 5. The summed E-state index contributed by atoms with van der Waals surface area (Å²) in [5.74, 6) is -0.230. The van der Waals surface area contributed by atoms with Gasteiger partial charge in [-0.05, 0) is 42.7 Å². The predicted octanol–water partition coefficient (Wildman–Crippen LogP) is 2.95. The number of nitrogens with one attached hydrogen (secondary N) is 1. The van der Waals surface area contributed by atoms with Crippen molar-refractivity contribution < 1.29 is 17.9 Å². The van der Waals surface area contributed by atoms with E-state index in [1.54, 1.807) is 0 Å². The Morgan fingerprint density at radius 1 is 1.16 bits per heavy atom. The van der Waals surface area contributed by atoms with E-state index in [4.69, 9.17) is 0 Å². The fourth-order valence-corrected chi connectivity index (χ4v) is 3.71. The molecule has 0 aliphatic heterocycles. The van der Waals surface area contributed by atoms with Crippen LogP contribution in [0.4, 0.5) is 19.1 Å². The van der Waals surface area contributed by atoms with Gasteiger partial charge in [-0.25, -0.2) is 10.4 Å². The van der Waals surface area contributed by atoms with Gasteiger partial charge in [-0.15, -0.1) is 13.2 Å².